The molecule has 0 amide bonds. The number of rotatable bonds is 1. The predicted molar refractivity (Wildman–Crippen MR) is 45.5 cm³/mol. The van der Waals surface area contributed by atoms with Crippen molar-refractivity contribution in [1.82, 2.24) is 0 Å². The highest BCUT2D eigenvalue weighted by Gasteiger charge is 1.97. The van der Waals surface area contributed by atoms with Gasteiger partial charge < -0.3 is 5.11 Å². The van der Waals surface area contributed by atoms with E-state index < -0.39 is 0 Å². The van der Waals surface area contributed by atoms with E-state index in [2.05, 4.69) is 15.9 Å². The van der Waals surface area contributed by atoms with Crippen LogP contribution in [0.3, 0.4) is 0 Å². The number of nitriles is 1. The van der Waals surface area contributed by atoms with E-state index in [9.17, 15) is 0 Å². The average molecular weight is 212 g/mol. The molecule has 1 rings (SSSR count). The third-order valence-corrected chi connectivity index (χ3v) is 1.91. The molecule has 0 spiro atoms. The van der Waals surface area contributed by atoms with Crippen LogP contribution in [0.15, 0.2) is 18.2 Å². The van der Waals surface area contributed by atoms with E-state index in [1.54, 1.807) is 12.1 Å². The fourth-order valence-corrected chi connectivity index (χ4v) is 1.14. The largest absolute Gasteiger partial charge is 0.508 e. The van der Waals surface area contributed by atoms with Crippen LogP contribution in [0, 0.1) is 11.3 Å². The lowest BCUT2D eigenvalue weighted by Gasteiger charge is -1.97. The summed E-state index contributed by atoms with van der Waals surface area (Å²) < 4.78 is 0. The molecule has 0 fully saturated rings. The highest BCUT2D eigenvalue weighted by Crippen LogP contribution is 2.16. The van der Waals surface area contributed by atoms with Crippen molar-refractivity contribution in [3.8, 4) is 11.8 Å². The van der Waals surface area contributed by atoms with Gasteiger partial charge in [0.25, 0.3) is 0 Å². The van der Waals surface area contributed by atoms with Gasteiger partial charge in [0, 0.05) is 5.33 Å². The van der Waals surface area contributed by atoms with Crippen LogP contribution in [0.5, 0.6) is 5.75 Å². The molecule has 2 nitrogen and oxygen atoms in total. The first kappa shape index (κ1) is 8.09. The fourth-order valence-electron chi connectivity index (χ4n) is 0.816. The molecular formula is C8H6BrNO. The predicted octanol–water partition coefficient (Wildman–Crippen LogP) is 2.16. The molecule has 0 aliphatic rings. The molecule has 0 atom stereocenters. The van der Waals surface area contributed by atoms with E-state index in [0.29, 0.717) is 10.9 Å². The van der Waals surface area contributed by atoms with Crippen molar-refractivity contribution < 1.29 is 5.11 Å². The Hall–Kier alpha value is -1.01. The molecule has 1 N–H and O–H groups in total. The van der Waals surface area contributed by atoms with Crippen molar-refractivity contribution in [3.63, 3.8) is 0 Å². The van der Waals surface area contributed by atoms with Crippen molar-refractivity contribution in [3.05, 3.63) is 29.3 Å². The monoisotopic (exact) mass is 211 g/mol. The molecule has 0 radical (unpaired) electrons. The molecular weight excluding hydrogens is 206 g/mol. The standard InChI is InChI=1S/C8H6BrNO/c9-4-6-1-7(5-10)3-8(11)2-6/h1-3,11H,4H2. The van der Waals surface area contributed by atoms with Crippen molar-refractivity contribution in [2.45, 2.75) is 5.33 Å². The first-order valence-electron chi connectivity index (χ1n) is 3.05. The number of phenols is 1. The van der Waals surface area contributed by atoms with Crippen LogP contribution in [0.1, 0.15) is 11.1 Å². The maximum atomic E-state index is 9.08. The Morgan fingerprint density at radius 2 is 2.18 bits per heavy atom. The minimum absolute atomic E-state index is 0.138. The highest BCUT2D eigenvalue weighted by molar-refractivity contribution is 9.08. The first-order chi connectivity index (χ1) is 5.26. The van der Waals surface area contributed by atoms with Crippen LogP contribution in [0.4, 0.5) is 0 Å². The molecule has 0 aliphatic heterocycles. The number of nitrogens with zero attached hydrogens (tertiary/aromatic N) is 1. The third-order valence-electron chi connectivity index (χ3n) is 1.26. The van der Waals surface area contributed by atoms with Gasteiger partial charge in [0.1, 0.15) is 5.75 Å². The summed E-state index contributed by atoms with van der Waals surface area (Å²) in [5.74, 6) is 0.138. The molecule has 0 saturated carbocycles. The third kappa shape index (κ3) is 1.95. The van der Waals surface area contributed by atoms with Gasteiger partial charge >= 0.3 is 0 Å². The summed E-state index contributed by atoms with van der Waals surface area (Å²) in [6.07, 6.45) is 0. The van der Waals surface area contributed by atoms with Gasteiger partial charge in [0.15, 0.2) is 0 Å². The summed E-state index contributed by atoms with van der Waals surface area (Å²) in [4.78, 5) is 0. The van der Waals surface area contributed by atoms with Crippen molar-refractivity contribution in [2.24, 2.45) is 0 Å². The fraction of sp³-hybridized carbons (Fsp3) is 0.125. The van der Waals surface area contributed by atoms with Crippen LogP contribution in [-0.2, 0) is 5.33 Å². The Morgan fingerprint density at radius 1 is 1.45 bits per heavy atom. The number of benzene rings is 1. The number of alkyl halides is 1. The SMILES string of the molecule is N#Cc1cc(O)cc(CBr)c1. The Bertz CT molecular complexity index is 303. The highest BCUT2D eigenvalue weighted by atomic mass is 79.9. The average Bonchev–Trinajstić information content (AvgIpc) is 2.03. The molecule has 1 aromatic carbocycles. The number of halogens is 1. The van der Waals surface area contributed by atoms with Gasteiger partial charge in [-0.2, -0.15) is 5.26 Å². The Balaban J connectivity index is 3.15. The summed E-state index contributed by atoms with van der Waals surface area (Å²) in [5, 5.41) is 18.2. The molecule has 56 valence electrons. The molecule has 0 aliphatic carbocycles. The van der Waals surface area contributed by atoms with Crippen molar-refractivity contribution in [2.75, 3.05) is 0 Å². The zero-order valence-electron chi connectivity index (χ0n) is 5.71. The number of aromatic hydroxyl groups is 1. The van der Waals surface area contributed by atoms with E-state index in [-0.39, 0.29) is 5.75 Å². The zero-order chi connectivity index (χ0) is 8.27. The molecule has 0 unspecified atom stereocenters. The van der Waals surface area contributed by atoms with Crippen LogP contribution >= 0.6 is 15.9 Å². The number of phenolic OH excluding ortho intramolecular Hbond substituents is 1. The van der Waals surface area contributed by atoms with Gasteiger partial charge in [0.2, 0.25) is 0 Å². The Morgan fingerprint density at radius 3 is 2.73 bits per heavy atom. The lowest BCUT2D eigenvalue weighted by molar-refractivity contribution is 0.474. The van der Waals surface area contributed by atoms with Crippen LogP contribution < -0.4 is 0 Å². The van der Waals surface area contributed by atoms with E-state index in [1.807, 2.05) is 6.07 Å². The topological polar surface area (TPSA) is 44.0 Å². The zero-order valence-corrected chi connectivity index (χ0v) is 7.30. The minimum Gasteiger partial charge on any atom is -0.508 e. The van der Waals surface area contributed by atoms with Crippen molar-refractivity contribution >= 4 is 15.9 Å². The Kier molecular flexibility index (Phi) is 2.50. The molecule has 0 bridgehead atoms. The quantitative estimate of drug-likeness (QED) is 0.724. The van der Waals surface area contributed by atoms with E-state index in [0.717, 1.165) is 5.56 Å². The molecule has 3 heteroatoms. The van der Waals surface area contributed by atoms with Crippen molar-refractivity contribution in [1.29, 1.82) is 5.26 Å². The summed E-state index contributed by atoms with van der Waals surface area (Å²) >= 11 is 3.23. The second-order valence-electron chi connectivity index (χ2n) is 2.13. The van der Waals surface area contributed by atoms with Gasteiger partial charge in [-0.05, 0) is 23.8 Å². The van der Waals surface area contributed by atoms with Crippen LogP contribution in [0.2, 0.25) is 0 Å². The molecule has 0 heterocycles. The van der Waals surface area contributed by atoms with Gasteiger partial charge in [-0.25, -0.2) is 0 Å². The second kappa shape index (κ2) is 3.40. The Labute approximate surface area is 73.2 Å². The summed E-state index contributed by atoms with van der Waals surface area (Å²) in [6, 6.07) is 6.75. The summed E-state index contributed by atoms with van der Waals surface area (Å²) in [7, 11) is 0. The lowest BCUT2D eigenvalue weighted by atomic mass is 10.1. The van der Waals surface area contributed by atoms with Gasteiger partial charge in [-0.3, -0.25) is 0 Å². The maximum Gasteiger partial charge on any atom is 0.117 e. The van der Waals surface area contributed by atoms with Gasteiger partial charge in [-0.15, -0.1) is 0 Å². The van der Waals surface area contributed by atoms with Gasteiger partial charge in [0.05, 0.1) is 11.6 Å². The number of hydrogen-bond acceptors (Lipinski definition) is 2. The second-order valence-corrected chi connectivity index (χ2v) is 2.69. The van der Waals surface area contributed by atoms with Gasteiger partial charge in [-0.1, -0.05) is 15.9 Å². The molecule has 11 heavy (non-hydrogen) atoms. The normalized spacial score (nSPS) is 9.09. The maximum absolute atomic E-state index is 9.08. The van der Waals surface area contributed by atoms with Crippen LogP contribution in [0.25, 0.3) is 0 Å². The van der Waals surface area contributed by atoms with E-state index >= 15 is 0 Å². The van der Waals surface area contributed by atoms with Crippen LogP contribution in [-0.4, -0.2) is 5.11 Å². The van der Waals surface area contributed by atoms with E-state index in [4.69, 9.17) is 10.4 Å². The first-order valence-corrected chi connectivity index (χ1v) is 4.17. The number of hydrogen-bond donors (Lipinski definition) is 1. The van der Waals surface area contributed by atoms with E-state index in [1.165, 1.54) is 6.07 Å². The summed E-state index contributed by atoms with van der Waals surface area (Å²) in [5.41, 5.74) is 1.39. The lowest BCUT2D eigenvalue weighted by Crippen LogP contribution is -1.80. The smallest absolute Gasteiger partial charge is 0.117 e. The molecule has 0 saturated heterocycles. The summed E-state index contributed by atoms with van der Waals surface area (Å²) in [6.45, 7) is 0. The molecule has 0 aromatic heterocycles. The molecule has 1 aromatic rings. The minimum atomic E-state index is 0.138.